The number of anilines is 1. The first kappa shape index (κ1) is 23.2. The van der Waals surface area contributed by atoms with Crippen LogP contribution in [0.4, 0.5) is 16.2 Å². The number of amides is 4. The first-order chi connectivity index (χ1) is 15.6. The Labute approximate surface area is 187 Å². The van der Waals surface area contributed by atoms with Crippen LogP contribution in [0.3, 0.4) is 0 Å². The van der Waals surface area contributed by atoms with E-state index in [1.807, 2.05) is 0 Å². The summed E-state index contributed by atoms with van der Waals surface area (Å²) in [4.78, 5) is 61.1. The molecule has 0 aliphatic carbocycles. The Morgan fingerprint density at radius 3 is 2.45 bits per heavy atom. The van der Waals surface area contributed by atoms with E-state index in [1.165, 1.54) is 49.4 Å². The molecule has 12 nitrogen and oxygen atoms in total. The van der Waals surface area contributed by atoms with Gasteiger partial charge in [-0.2, -0.15) is 0 Å². The summed E-state index contributed by atoms with van der Waals surface area (Å²) in [5.41, 5.74) is 5.76. The molecule has 1 aliphatic heterocycles. The van der Waals surface area contributed by atoms with Crippen LogP contribution in [0.15, 0.2) is 42.5 Å². The van der Waals surface area contributed by atoms with Crippen molar-refractivity contribution in [3.63, 3.8) is 0 Å². The predicted octanol–water partition coefficient (Wildman–Crippen LogP) is 1.44. The van der Waals surface area contributed by atoms with Gasteiger partial charge in [-0.15, -0.1) is 0 Å². The van der Waals surface area contributed by atoms with Crippen LogP contribution in [0, 0.1) is 23.0 Å². The number of ether oxygens (including phenoxy) is 1. The maximum absolute atomic E-state index is 13.2. The molecule has 0 radical (unpaired) electrons. The van der Waals surface area contributed by atoms with Crippen molar-refractivity contribution in [1.29, 1.82) is 0 Å². The summed E-state index contributed by atoms with van der Waals surface area (Å²) in [6, 6.07) is 9.36. The highest BCUT2D eigenvalue weighted by Gasteiger charge is 2.43. The Balaban J connectivity index is 1.91. The van der Waals surface area contributed by atoms with Crippen molar-refractivity contribution >= 4 is 35.2 Å². The third-order valence-electron chi connectivity index (χ3n) is 5.16. The Hall–Kier alpha value is -4.48. The molecule has 3 N–H and O–H groups in total. The maximum atomic E-state index is 13.2. The molecule has 1 heterocycles. The molecule has 33 heavy (non-hydrogen) atoms. The number of carboxylic acid groups (broad SMARTS) is 1. The number of benzene rings is 2. The molecule has 1 unspecified atom stereocenters. The lowest BCUT2D eigenvalue weighted by atomic mass is 10.0. The van der Waals surface area contributed by atoms with E-state index in [1.54, 1.807) is 0 Å². The first-order valence-electron chi connectivity index (χ1n) is 9.70. The fraction of sp³-hybridized carbons (Fsp3) is 0.238. The Bertz CT molecular complexity index is 1130. The summed E-state index contributed by atoms with van der Waals surface area (Å²) < 4.78 is 5.17. The number of nitro benzene ring substituents is 1. The van der Waals surface area contributed by atoms with E-state index in [0.29, 0.717) is 17.0 Å². The number of carboxylic acids is 1. The number of nitro groups is 1. The SMILES string of the molecule is Cc1c(CN2C(=O)C(C(=O)O)CN(c3ccc(OCC(N)=O)cc3)C2=O)cccc1[N+](=O)[O-]. The van der Waals surface area contributed by atoms with Crippen molar-refractivity contribution in [3.05, 3.63) is 63.7 Å². The summed E-state index contributed by atoms with van der Waals surface area (Å²) in [5, 5.41) is 20.8. The molecule has 172 valence electrons. The minimum Gasteiger partial charge on any atom is -0.484 e. The van der Waals surface area contributed by atoms with Crippen LogP contribution in [-0.2, 0) is 20.9 Å². The van der Waals surface area contributed by atoms with Crippen LogP contribution in [-0.4, -0.2) is 51.9 Å². The van der Waals surface area contributed by atoms with Crippen LogP contribution < -0.4 is 15.4 Å². The van der Waals surface area contributed by atoms with Gasteiger partial charge in [0.15, 0.2) is 12.5 Å². The minimum absolute atomic E-state index is 0.178. The zero-order valence-corrected chi connectivity index (χ0v) is 17.5. The summed E-state index contributed by atoms with van der Waals surface area (Å²) >= 11 is 0. The molecule has 1 atom stereocenters. The van der Waals surface area contributed by atoms with Crippen molar-refractivity contribution in [2.75, 3.05) is 18.1 Å². The Kier molecular flexibility index (Phi) is 6.56. The van der Waals surface area contributed by atoms with Gasteiger partial charge in [-0.25, -0.2) is 4.79 Å². The number of aliphatic carboxylic acids is 1. The lowest BCUT2D eigenvalue weighted by Crippen LogP contribution is -2.58. The molecular weight excluding hydrogens is 436 g/mol. The van der Waals surface area contributed by atoms with Crippen molar-refractivity contribution in [2.24, 2.45) is 11.7 Å². The smallest absolute Gasteiger partial charge is 0.331 e. The van der Waals surface area contributed by atoms with Gasteiger partial charge in [0, 0.05) is 23.9 Å². The van der Waals surface area contributed by atoms with E-state index in [-0.39, 0.29) is 30.9 Å². The van der Waals surface area contributed by atoms with Gasteiger partial charge in [0.25, 0.3) is 11.6 Å². The van der Waals surface area contributed by atoms with Gasteiger partial charge in [0.1, 0.15) is 5.75 Å². The topological polar surface area (TPSA) is 173 Å². The molecule has 3 rings (SSSR count). The average Bonchev–Trinajstić information content (AvgIpc) is 2.76. The predicted molar refractivity (Wildman–Crippen MR) is 113 cm³/mol. The molecule has 0 spiro atoms. The zero-order valence-electron chi connectivity index (χ0n) is 17.5. The quantitative estimate of drug-likeness (QED) is 0.341. The second-order valence-corrected chi connectivity index (χ2v) is 7.28. The summed E-state index contributed by atoms with van der Waals surface area (Å²) in [5.74, 6) is -4.19. The maximum Gasteiger partial charge on any atom is 0.331 e. The van der Waals surface area contributed by atoms with Gasteiger partial charge >= 0.3 is 12.0 Å². The number of hydrogen-bond acceptors (Lipinski definition) is 7. The number of urea groups is 1. The van der Waals surface area contributed by atoms with Crippen molar-refractivity contribution in [3.8, 4) is 5.75 Å². The average molecular weight is 456 g/mol. The van der Waals surface area contributed by atoms with Crippen LogP contribution in [0.5, 0.6) is 5.75 Å². The largest absolute Gasteiger partial charge is 0.484 e. The van der Waals surface area contributed by atoms with Gasteiger partial charge < -0.3 is 15.6 Å². The molecule has 2 aromatic carbocycles. The van der Waals surface area contributed by atoms with E-state index >= 15 is 0 Å². The van der Waals surface area contributed by atoms with E-state index in [2.05, 4.69) is 0 Å². The first-order valence-corrected chi connectivity index (χ1v) is 9.70. The van der Waals surface area contributed by atoms with Gasteiger partial charge in [-0.3, -0.25) is 34.3 Å². The monoisotopic (exact) mass is 456 g/mol. The number of imide groups is 1. The summed E-state index contributed by atoms with van der Waals surface area (Å²) in [6.45, 7) is 0.432. The van der Waals surface area contributed by atoms with Gasteiger partial charge in [-0.1, -0.05) is 12.1 Å². The standard InChI is InChI=1S/C21H20N4O8/c1-12-13(3-2-4-17(12)25(31)32)9-24-19(27)16(20(28)29)10-23(21(24)30)14-5-7-15(8-6-14)33-11-18(22)26/h2-8,16H,9-11H2,1H3,(H2,22,26)(H,28,29). The molecule has 1 fully saturated rings. The zero-order chi connectivity index (χ0) is 24.3. The highest BCUT2D eigenvalue weighted by atomic mass is 16.6. The van der Waals surface area contributed by atoms with Gasteiger partial charge in [0.2, 0.25) is 5.91 Å². The Morgan fingerprint density at radius 2 is 1.88 bits per heavy atom. The highest BCUT2D eigenvalue weighted by molar-refractivity contribution is 6.12. The Morgan fingerprint density at radius 1 is 1.21 bits per heavy atom. The van der Waals surface area contributed by atoms with Crippen LogP contribution in [0.2, 0.25) is 0 Å². The van der Waals surface area contributed by atoms with Crippen LogP contribution >= 0.6 is 0 Å². The van der Waals surface area contributed by atoms with E-state index in [4.69, 9.17) is 10.5 Å². The molecule has 0 aromatic heterocycles. The lowest BCUT2D eigenvalue weighted by Gasteiger charge is -2.37. The molecule has 12 heteroatoms. The number of primary amides is 1. The molecule has 0 saturated carbocycles. The third-order valence-corrected chi connectivity index (χ3v) is 5.16. The molecule has 2 aromatic rings. The molecule has 4 amide bonds. The van der Waals surface area contributed by atoms with E-state index < -0.39 is 34.7 Å². The fourth-order valence-electron chi connectivity index (χ4n) is 3.40. The highest BCUT2D eigenvalue weighted by Crippen LogP contribution is 2.29. The number of nitrogens with two attached hydrogens (primary N) is 1. The number of nitrogens with zero attached hydrogens (tertiary/aromatic N) is 3. The fourth-order valence-corrected chi connectivity index (χ4v) is 3.40. The van der Waals surface area contributed by atoms with Gasteiger partial charge in [0.05, 0.1) is 11.5 Å². The second-order valence-electron chi connectivity index (χ2n) is 7.28. The van der Waals surface area contributed by atoms with Gasteiger partial charge in [-0.05, 0) is 36.8 Å². The number of hydrogen-bond donors (Lipinski definition) is 2. The normalized spacial score (nSPS) is 16.0. The van der Waals surface area contributed by atoms with E-state index in [0.717, 1.165) is 9.80 Å². The van der Waals surface area contributed by atoms with E-state index in [9.17, 15) is 34.4 Å². The lowest BCUT2D eigenvalue weighted by molar-refractivity contribution is -0.385. The van der Waals surface area contributed by atoms with Crippen molar-refractivity contribution in [2.45, 2.75) is 13.5 Å². The molecule has 0 bridgehead atoms. The number of carbonyl (C=O) groups is 4. The summed E-state index contributed by atoms with van der Waals surface area (Å²) in [7, 11) is 0. The third kappa shape index (κ3) is 4.89. The van der Waals surface area contributed by atoms with Crippen molar-refractivity contribution < 1.29 is 33.9 Å². The minimum atomic E-state index is -1.52. The molecule has 1 saturated heterocycles. The molecular formula is C21H20N4O8. The number of rotatable bonds is 8. The molecule has 1 aliphatic rings. The summed E-state index contributed by atoms with van der Waals surface area (Å²) in [6.07, 6.45) is 0. The number of carbonyl (C=O) groups excluding carboxylic acids is 3. The van der Waals surface area contributed by atoms with Crippen LogP contribution in [0.1, 0.15) is 11.1 Å². The van der Waals surface area contributed by atoms with Crippen LogP contribution in [0.25, 0.3) is 0 Å². The second kappa shape index (κ2) is 9.34. The van der Waals surface area contributed by atoms with Crippen molar-refractivity contribution in [1.82, 2.24) is 4.90 Å².